The van der Waals surface area contributed by atoms with Gasteiger partial charge in [0.25, 0.3) is 5.56 Å². The zero-order valence-corrected chi connectivity index (χ0v) is 14.1. The lowest BCUT2D eigenvalue weighted by molar-refractivity contribution is 0.415. The number of fused-ring (bicyclic) bond motifs is 1. The summed E-state index contributed by atoms with van der Waals surface area (Å²) in [6.45, 7) is 0.404. The Morgan fingerprint density at radius 2 is 2.04 bits per heavy atom. The first kappa shape index (κ1) is 14.6. The van der Waals surface area contributed by atoms with E-state index in [4.69, 9.17) is 4.74 Å². The molecule has 7 heteroatoms. The first-order valence-electron chi connectivity index (χ1n) is 8.72. The average molecular weight is 337 g/mol. The Hall–Kier alpha value is -2.70. The normalized spacial score (nSPS) is 17.2. The summed E-state index contributed by atoms with van der Waals surface area (Å²) < 4.78 is 9.29. The van der Waals surface area contributed by atoms with Crippen LogP contribution in [0, 0.1) is 0 Å². The minimum absolute atomic E-state index is 0.140. The topological polar surface area (TPSA) is 74.8 Å². The van der Waals surface area contributed by atoms with Crippen LogP contribution in [0.5, 0.6) is 5.75 Å². The number of nitrogens with zero attached hydrogens (tertiary/aromatic N) is 5. The van der Waals surface area contributed by atoms with Crippen molar-refractivity contribution >= 4 is 11.0 Å². The molecular formula is C18H19N5O2. The van der Waals surface area contributed by atoms with Crippen molar-refractivity contribution in [2.24, 2.45) is 0 Å². The van der Waals surface area contributed by atoms with Crippen molar-refractivity contribution in [3.63, 3.8) is 0 Å². The molecule has 2 heterocycles. The summed E-state index contributed by atoms with van der Waals surface area (Å²) >= 11 is 0. The molecule has 1 aromatic carbocycles. The predicted octanol–water partition coefficient (Wildman–Crippen LogP) is 2.26. The van der Waals surface area contributed by atoms with Gasteiger partial charge in [-0.3, -0.25) is 9.36 Å². The Labute approximate surface area is 144 Å². The summed E-state index contributed by atoms with van der Waals surface area (Å²) in [4.78, 5) is 16.7. The van der Waals surface area contributed by atoms with Gasteiger partial charge in [-0.25, -0.2) is 4.98 Å². The predicted molar refractivity (Wildman–Crippen MR) is 91.9 cm³/mol. The fourth-order valence-corrected chi connectivity index (χ4v) is 3.37. The standard InChI is InChI=1S/C18H19N5O2/c1-25-13-6-7-14-15(8-13)22(17(24)9-19-14)10-16-20-21-18(11-2-3-11)23(16)12-4-5-12/h6-9,11-12H,2-5,10H2,1H3. The van der Waals surface area contributed by atoms with Gasteiger partial charge >= 0.3 is 0 Å². The molecule has 2 aliphatic carbocycles. The van der Waals surface area contributed by atoms with Crippen molar-refractivity contribution in [1.82, 2.24) is 24.3 Å². The molecule has 7 nitrogen and oxygen atoms in total. The molecule has 3 aromatic rings. The first-order chi connectivity index (χ1) is 12.2. The highest BCUT2D eigenvalue weighted by atomic mass is 16.5. The molecule has 25 heavy (non-hydrogen) atoms. The van der Waals surface area contributed by atoms with E-state index in [0.29, 0.717) is 24.3 Å². The SMILES string of the molecule is COc1ccc2ncc(=O)n(Cc3nnc(C4CC4)n3C3CC3)c2c1. The lowest BCUT2D eigenvalue weighted by atomic mass is 10.2. The Morgan fingerprint density at radius 3 is 2.76 bits per heavy atom. The number of rotatable bonds is 5. The average Bonchev–Trinajstić information content (AvgIpc) is 3.56. The highest BCUT2D eigenvalue weighted by Gasteiger charge is 2.36. The molecule has 0 bridgehead atoms. The Morgan fingerprint density at radius 1 is 1.20 bits per heavy atom. The van der Waals surface area contributed by atoms with Crippen LogP contribution in [0.25, 0.3) is 11.0 Å². The number of methoxy groups -OCH3 is 1. The lowest BCUT2D eigenvalue weighted by Gasteiger charge is -2.12. The van der Waals surface area contributed by atoms with Crippen LogP contribution in [0.2, 0.25) is 0 Å². The Bertz CT molecular complexity index is 1010. The Kier molecular flexibility index (Phi) is 3.16. The van der Waals surface area contributed by atoms with Crippen molar-refractivity contribution in [2.75, 3.05) is 7.11 Å². The van der Waals surface area contributed by atoms with Gasteiger partial charge in [0.05, 0.1) is 30.9 Å². The maximum Gasteiger partial charge on any atom is 0.269 e. The smallest absolute Gasteiger partial charge is 0.269 e. The fraction of sp³-hybridized carbons (Fsp3) is 0.444. The van der Waals surface area contributed by atoms with Gasteiger partial charge in [-0.2, -0.15) is 0 Å². The minimum Gasteiger partial charge on any atom is -0.497 e. The van der Waals surface area contributed by atoms with Gasteiger partial charge in [0.1, 0.15) is 11.6 Å². The van der Waals surface area contributed by atoms with E-state index in [1.54, 1.807) is 11.7 Å². The maximum absolute atomic E-state index is 12.5. The largest absolute Gasteiger partial charge is 0.497 e. The highest BCUT2D eigenvalue weighted by Crippen LogP contribution is 2.44. The van der Waals surface area contributed by atoms with E-state index >= 15 is 0 Å². The summed E-state index contributed by atoms with van der Waals surface area (Å²) in [5, 5.41) is 8.86. The van der Waals surface area contributed by atoms with Crippen LogP contribution >= 0.6 is 0 Å². The summed E-state index contributed by atoms with van der Waals surface area (Å²) in [5.74, 6) is 3.21. The van der Waals surface area contributed by atoms with Crippen LogP contribution in [0.1, 0.15) is 49.3 Å². The molecule has 0 atom stereocenters. The quantitative estimate of drug-likeness (QED) is 0.714. The third-order valence-electron chi connectivity index (χ3n) is 5.00. The molecule has 0 aliphatic heterocycles. The highest BCUT2D eigenvalue weighted by molar-refractivity contribution is 5.76. The third kappa shape index (κ3) is 2.50. The van der Waals surface area contributed by atoms with Crippen LogP contribution in [-0.2, 0) is 6.54 Å². The summed E-state index contributed by atoms with van der Waals surface area (Å²) in [5.41, 5.74) is 1.38. The monoisotopic (exact) mass is 337 g/mol. The number of benzene rings is 1. The van der Waals surface area contributed by atoms with E-state index in [2.05, 4.69) is 19.7 Å². The van der Waals surface area contributed by atoms with Gasteiger partial charge in [-0.1, -0.05) is 0 Å². The van der Waals surface area contributed by atoms with Crippen molar-refractivity contribution < 1.29 is 4.74 Å². The molecule has 0 amide bonds. The van der Waals surface area contributed by atoms with E-state index in [-0.39, 0.29) is 5.56 Å². The van der Waals surface area contributed by atoms with Gasteiger partial charge in [0, 0.05) is 18.0 Å². The van der Waals surface area contributed by atoms with Gasteiger partial charge < -0.3 is 9.30 Å². The van der Waals surface area contributed by atoms with Gasteiger partial charge in [0.2, 0.25) is 0 Å². The van der Waals surface area contributed by atoms with Crippen molar-refractivity contribution in [3.05, 3.63) is 46.4 Å². The van der Waals surface area contributed by atoms with Crippen LogP contribution in [0.15, 0.2) is 29.2 Å². The molecular weight excluding hydrogens is 318 g/mol. The number of aromatic nitrogens is 5. The molecule has 2 fully saturated rings. The molecule has 0 spiro atoms. The van der Waals surface area contributed by atoms with E-state index in [9.17, 15) is 4.79 Å². The van der Waals surface area contributed by atoms with Crippen LogP contribution < -0.4 is 10.3 Å². The molecule has 0 saturated heterocycles. The van der Waals surface area contributed by atoms with E-state index < -0.39 is 0 Å². The van der Waals surface area contributed by atoms with E-state index in [1.807, 2.05) is 18.2 Å². The molecule has 2 aliphatic rings. The molecule has 5 rings (SSSR count). The molecule has 0 N–H and O–H groups in total. The first-order valence-corrected chi connectivity index (χ1v) is 8.72. The molecule has 0 radical (unpaired) electrons. The summed E-state index contributed by atoms with van der Waals surface area (Å²) in [6, 6.07) is 6.07. The third-order valence-corrected chi connectivity index (χ3v) is 5.00. The number of ether oxygens (including phenoxy) is 1. The summed E-state index contributed by atoms with van der Waals surface area (Å²) in [7, 11) is 1.62. The van der Waals surface area contributed by atoms with Crippen molar-refractivity contribution in [1.29, 1.82) is 0 Å². The molecule has 0 unspecified atom stereocenters. The fourth-order valence-electron chi connectivity index (χ4n) is 3.37. The Balaban J connectivity index is 1.62. The lowest BCUT2D eigenvalue weighted by Crippen LogP contribution is -2.23. The van der Waals surface area contributed by atoms with Gasteiger partial charge in [0.15, 0.2) is 5.82 Å². The van der Waals surface area contributed by atoms with Crippen molar-refractivity contribution in [2.45, 2.75) is 44.2 Å². The second-order valence-electron chi connectivity index (χ2n) is 6.89. The number of hydrogen-bond donors (Lipinski definition) is 0. The minimum atomic E-state index is -0.140. The molecule has 2 aromatic heterocycles. The van der Waals surface area contributed by atoms with Gasteiger partial charge in [-0.05, 0) is 37.8 Å². The molecule has 2 saturated carbocycles. The summed E-state index contributed by atoms with van der Waals surface area (Å²) in [6.07, 6.45) is 6.10. The zero-order valence-electron chi connectivity index (χ0n) is 14.1. The second-order valence-corrected chi connectivity index (χ2v) is 6.89. The molecule has 128 valence electrons. The zero-order chi connectivity index (χ0) is 17.0. The number of hydrogen-bond acceptors (Lipinski definition) is 5. The van der Waals surface area contributed by atoms with Crippen molar-refractivity contribution in [3.8, 4) is 5.75 Å². The van der Waals surface area contributed by atoms with E-state index in [0.717, 1.165) is 22.7 Å². The van der Waals surface area contributed by atoms with Crippen LogP contribution in [0.4, 0.5) is 0 Å². The van der Waals surface area contributed by atoms with Gasteiger partial charge in [-0.15, -0.1) is 10.2 Å². The van der Waals surface area contributed by atoms with Crippen LogP contribution in [0.3, 0.4) is 0 Å². The van der Waals surface area contributed by atoms with Crippen LogP contribution in [-0.4, -0.2) is 31.4 Å². The maximum atomic E-state index is 12.5. The second kappa shape index (κ2) is 5.40. The van der Waals surface area contributed by atoms with E-state index in [1.165, 1.54) is 31.9 Å².